The summed E-state index contributed by atoms with van der Waals surface area (Å²) in [5.41, 5.74) is 2.65. The fourth-order valence-corrected chi connectivity index (χ4v) is 4.48. The second kappa shape index (κ2) is 8.52. The number of carbonyl (C=O) groups is 2. The molecule has 2 aliphatic rings. The highest BCUT2D eigenvalue weighted by Gasteiger charge is 2.32. The predicted molar refractivity (Wildman–Crippen MR) is 112 cm³/mol. The van der Waals surface area contributed by atoms with Crippen molar-refractivity contribution in [3.63, 3.8) is 0 Å². The molecule has 0 radical (unpaired) electrons. The standard InChI is InChI=1S/C23H29N3O4/c1-3-19(16-7-4-8-17(27)12-16)24-22(28)18-13-20(26-10-11-30-14-21(18)26)23(29)25-9-5-6-15(25)2/h4,7-8,12-13,15,19,27H,3,5-6,9-11,14H2,1-2H3,(H,24,28)/t15?,19-/m1/s1. The van der Waals surface area contributed by atoms with E-state index in [0.717, 1.165) is 30.6 Å². The molecule has 2 atom stereocenters. The van der Waals surface area contributed by atoms with Crippen molar-refractivity contribution in [2.45, 2.75) is 58.3 Å². The number of nitrogens with one attached hydrogen (secondary N) is 1. The minimum absolute atomic E-state index is 0.0118. The average molecular weight is 412 g/mol. The first-order chi connectivity index (χ1) is 14.5. The van der Waals surface area contributed by atoms with Crippen LogP contribution in [0.1, 0.15) is 71.3 Å². The number of hydrogen-bond acceptors (Lipinski definition) is 4. The fraction of sp³-hybridized carbons (Fsp3) is 0.478. The number of benzene rings is 1. The first kappa shape index (κ1) is 20.5. The van der Waals surface area contributed by atoms with Gasteiger partial charge in [-0.2, -0.15) is 0 Å². The monoisotopic (exact) mass is 411 g/mol. The zero-order valence-corrected chi connectivity index (χ0v) is 17.6. The van der Waals surface area contributed by atoms with E-state index < -0.39 is 0 Å². The van der Waals surface area contributed by atoms with Crippen LogP contribution >= 0.6 is 0 Å². The number of phenols is 1. The van der Waals surface area contributed by atoms with Gasteiger partial charge in [0, 0.05) is 19.1 Å². The number of carbonyl (C=O) groups excluding carboxylic acids is 2. The number of ether oxygens (including phenoxy) is 1. The number of nitrogens with zero attached hydrogens (tertiary/aromatic N) is 2. The minimum Gasteiger partial charge on any atom is -0.508 e. The maximum Gasteiger partial charge on any atom is 0.270 e. The van der Waals surface area contributed by atoms with Crippen molar-refractivity contribution in [2.75, 3.05) is 13.2 Å². The van der Waals surface area contributed by atoms with Gasteiger partial charge >= 0.3 is 0 Å². The molecule has 7 nitrogen and oxygen atoms in total. The number of aromatic hydroxyl groups is 1. The second-order valence-electron chi connectivity index (χ2n) is 8.11. The summed E-state index contributed by atoms with van der Waals surface area (Å²) in [4.78, 5) is 28.3. The molecule has 1 saturated heterocycles. The maximum absolute atomic E-state index is 13.2. The average Bonchev–Trinajstić information content (AvgIpc) is 3.35. The number of rotatable bonds is 5. The SMILES string of the molecule is CC[C@@H](NC(=O)c1cc(C(=O)N2CCCC2C)n2c1COCC2)c1cccc(O)c1. The van der Waals surface area contributed by atoms with Crippen LogP contribution in [0, 0.1) is 0 Å². The van der Waals surface area contributed by atoms with Crippen LogP contribution < -0.4 is 5.32 Å². The first-order valence-corrected chi connectivity index (χ1v) is 10.7. The molecule has 3 heterocycles. The summed E-state index contributed by atoms with van der Waals surface area (Å²) < 4.78 is 7.54. The molecule has 4 rings (SSSR count). The maximum atomic E-state index is 13.2. The van der Waals surface area contributed by atoms with Gasteiger partial charge in [-0.1, -0.05) is 19.1 Å². The van der Waals surface area contributed by atoms with Crippen LogP contribution in [0.3, 0.4) is 0 Å². The Balaban J connectivity index is 1.62. The van der Waals surface area contributed by atoms with Crippen LogP contribution in [0.25, 0.3) is 0 Å². The van der Waals surface area contributed by atoms with E-state index in [1.54, 1.807) is 24.3 Å². The van der Waals surface area contributed by atoms with E-state index >= 15 is 0 Å². The zero-order valence-electron chi connectivity index (χ0n) is 17.6. The van der Waals surface area contributed by atoms with Crippen LogP contribution in [0.15, 0.2) is 30.3 Å². The molecular formula is C23H29N3O4. The molecule has 30 heavy (non-hydrogen) atoms. The largest absolute Gasteiger partial charge is 0.508 e. The third-order valence-electron chi connectivity index (χ3n) is 6.17. The van der Waals surface area contributed by atoms with Crippen molar-refractivity contribution in [3.8, 4) is 5.75 Å². The molecule has 2 amide bonds. The van der Waals surface area contributed by atoms with E-state index in [4.69, 9.17) is 4.74 Å². The van der Waals surface area contributed by atoms with E-state index in [-0.39, 0.29) is 29.6 Å². The Kier molecular flexibility index (Phi) is 5.81. The van der Waals surface area contributed by atoms with Crippen LogP contribution in [-0.2, 0) is 17.9 Å². The number of hydrogen-bond donors (Lipinski definition) is 2. The molecule has 1 aromatic carbocycles. The van der Waals surface area contributed by atoms with Crippen molar-refractivity contribution >= 4 is 11.8 Å². The van der Waals surface area contributed by atoms with E-state index in [9.17, 15) is 14.7 Å². The van der Waals surface area contributed by atoms with Gasteiger partial charge in [-0.3, -0.25) is 9.59 Å². The lowest BCUT2D eigenvalue weighted by molar-refractivity contribution is 0.0683. The van der Waals surface area contributed by atoms with Crippen molar-refractivity contribution in [1.82, 2.24) is 14.8 Å². The first-order valence-electron chi connectivity index (χ1n) is 10.7. The Bertz CT molecular complexity index is 952. The van der Waals surface area contributed by atoms with Gasteiger partial charge in [-0.05, 0) is 49.9 Å². The van der Waals surface area contributed by atoms with Gasteiger partial charge < -0.3 is 24.6 Å². The van der Waals surface area contributed by atoms with E-state index in [1.807, 2.05) is 22.5 Å². The number of likely N-dealkylation sites (tertiary alicyclic amines) is 1. The molecular weight excluding hydrogens is 382 g/mol. The molecule has 7 heteroatoms. The summed E-state index contributed by atoms with van der Waals surface area (Å²) in [7, 11) is 0. The Morgan fingerprint density at radius 3 is 2.83 bits per heavy atom. The summed E-state index contributed by atoms with van der Waals surface area (Å²) in [6.07, 6.45) is 2.70. The Morgan fingerprint density at radius 1 is 1.30 bits per heavy atom. The number of fused-ring (bicyclic) bond motifs is 1. The predicted octanol–water partition coefficient (Wildman–Crippen LogP) is 3.23. The van der Waals surface area contributed by atoms with Gasteiger partial charge in [0.25, 0.3) is 11.8 Å². The molecule has 0 bridgehead atoms. The third kappa shape index (κ3) is 3.81. The van der Waals surface area contributed by atoms with Crippen molar-refractivity contribution in [1.29, 1.82) is 0 Å². The summed E-state index contributed by atoms with van der Waals surface area (Å²) in [6, 6.07) is 8.63. The Morgan fingerprint density at radius 2 is 2.13 bits per heavy atom. The molecule has 1 fully saturated rings. The summed E-state index contributed by atoms with van der Waals surface area (Å²) in [5, 5.41) is 12.8. The molecule has 2 N–H and O–H groups in total. The molecule has 0 spiro atoms. The van der Waals surface area contributed by atoms with E-state index in [0.29, 0.717) is 37.4 Å². The van der Waals surface area contributed by atoms with Gasteiger partial charge in [0.2, 0.25) is 0 Å². The van der Waals surface area contributed by atoms with Crippen molar-refractivity contribution in [3.05, 3.63) is 52.8 Å². The zero-order chi connectivity index (χ0) is 21.3. The molecule has 0 aliphatic carbocycles. The smallest absolute Gasteiger partial charge is 0.270 e. The third-order valence-corrected chi connectivity index (χ3v) is 6.17. The summed E-state index contributed by atoms with van der Waals surface area (Å²) >= 11 is 0. The molecule has 1 aromatic heterocycles. The van der Waals surface area contributed by atoms with E-state index in [1.165, 1.54) is 0 Å². The lowest BCUT2D eigenvalue weighted by Gasteiger charge is -2.24. The number of phenolic OH excluding ortho intramolecular Hbond substituents is 1. The lowest BCUT2D eigenvalue weighted by atomic mass is 10.0. The van der Waals surface area contributed by atoms with Gasteiger partial charge in [-0.15, -0.1) is 0 Å². The lowest BCUT2D eigenvalue weighted by Crippen LogP contribution is -2.35. The molecule has 2 aliphatic heterocycles. The van der Waals surface area contributed by atoms with Crippen LogP contribution in [0.2, 0.25) is 0 Å². The van der Waals surface area contributed by atoms with Gasteiger partial charge in [0.05, 0.1) is 30.5 Å². The molecule has 1 unspecified atom stereocenters. The van der Waals surface area contributed by atoms with Gasteiger partial charge in [0.15, 0.2) is 0 Å². The number of amides is 2. The normalized spacial score (nSPS) is 19.4. The summed E-state index contributed by atoms with van der Waals surface area (Å²) in [6.45, 7) is 6.22. The quantitative estimate of drug-likeness (QED) is 0.791. The minimum atomic E-state index is -0.234. The highest BCUT2D eigenvalue weighted by atomic mass is 16.5. The van der Waals surface area contributed by atoms with Crippen molar-refractivity contribution in [2.24, 2.45) is 0 Å². The second-order valence-corrected chi connectivity index (χ2v) is 8.11. The highest BCUT2D eigenvalue weighted by molar-refractivity contribution is 6.01. The van der Waals surface area contributed by atoms with Crippen LogP contribution in [0.4, 0.5) is 0 Å². The topological polar surface area (TPSA) is 83.8 Å². The highest BCUT2D eigenvalue weighted by Crippen LogP contribution is 2.27. The van der Waals surface area contributed by atoms with Crippen LogP contribution in [0.5, 0.6) is 5.75 Å². The van der Waals surface area contributed by atoms with Gasteiger partial charge in [-0.25, -0.2) is 0 Å². The summed E-state index contributed by atoms with van der Waals surface area (Å²) in [5.74, 6) is -0.0716. The fourth-order valence-electron chi connectivity index (χ4n) is 4.48. The molecule has 2 aromatic rings. The Hall–Kier alpha value is -2.80. The molecule has 0 saturated carbocycles. The Labute approximate surface area is 176 Å². The number of aromatic nitrogens is 1. The van der Waals surface area contributed by atoms with Crippen molar-refractivity contribution < 1.29 is 19.4 Å². The molecule has 160 valence electrons. The van der Waals surface area contributed by atoms with Crippen LogP contribution in [-0.4, -0.2) is 45.6 Å². The van der Waals surface area contributed by atoms with E-state index in [2.05, 4.69) is 12.2 Å². The van der Waals surface area contributed by atoms with Gasteiger partial charge in [0.1, 0.15) is 11.4 Å².